The topological polar surface area (TPSA) is 58.2 Å². The Balaban J connectivity index is 2.43. The monoisotopic (exact) mass is 362 g/mol. The molecule has 0 unspecified atom stereocenters. The van der Waals surface area contributed by atoms with Crippen molar-refractivity contribution >= 4 is 31.6 Å². The maximum Gasteiger partial charge on any atom is 0.232 e. The first-order chi connectivity index (χ1) is 9.44. The van der Waals surface area contributed by atoms with E-state index in [9.17, 15) is 8.42 Å². The highest BCUT2D eigenvalue weighted by atomic mass is 79.9. The van der Waals surface area contributed by atoms with E-state index >= 15 is 0 Å². The van der Waals surface area contributed by atoms with Gasteiger partial charge in [-0.15, -0.1) is 0 Å². The number of nitrogens with one attached hydrogen (secondary N) is 2. The molecule has 0 saturated heterocycles. The molecule has 0 fully saturated rings. The lowest BCUT2D eigenvalue weighted by Crippen LogP contribution is -2.20. The lowest BCUT2D eigenvalue weighted by molar-refractivity contribution is 0.590. The van der Waals surface area contributed by atoms with E-state index in [0.29, 0.717) is 12.1 Å². The Kier molecular flexibility index (Phi) is 7.55. The van der Waals surface area contributed by atoms with E-state index in [4.69, 9.17) is 0 Å². The average molecular weight is 363 g/mol. The van der Waals surface area contributed by atoms with Crippen molar-refractivity contribution in [1.82, 2.24) is 5.32 Å². The average Bonchev–Trinajstić information content (AvgIpc) is 2.38. The quantitative estimate of drug-likeness (QED) is 0.662. The van der Waals surface area contributed by atoms with Crippen LogP contribution >= 0.6 is 15.9 Å². The van der Waals surface area contributed by atoms with Crippen molar-refractivity contribution in [2.24, 2.45) is 0 Å². The highest BCUT2D eigenvalue weighted by Gasteiger charge is 2.11. The third-order valence-corrected chi connectivity index (χ3v) is 4.76. The third kappa shape index (κ3) is 6.72. The van der Waals surface area contributed by atoms with Gasteiger partial charge in [0.15, 0.2) is 0 Å². The van der Waals surface area contributed by atoms with Gasteiger partial charge in [-0.3, -0.25) is 4.72 Å². The van der Waals surface area contributed by atoms with E-state index in [1.165, 1.54) is 0 Å². The number of rotatable bonds is 9. The van der Waals surface area contributed by atoms with Crippen molar-refractivity contribution in [2.75, 3.05) is 23.6 Å². The van der Waals surface area contributed by atoms with Gasteiger partial charge >= 0.3 is 0 Å². The Bertz CT molecular complexity index is 518. The van der Waals surface area contributed by atoms with Crippen LogP contribution in [-0.4, -0.2) is 27.3 Å². The molecule has 0 heterocycles. The number of anilines is 1. The fourth-order valence-corrected chi connectivity index (χ4v) is 3.37. The molecule has 20 heavy (non-hydrogen) atoms. The van der Waals surface area contributed by atoms with Crippen LogP contribution in [0, 0.1) is 6.92 Å². The summed E-state index contributed by atoms with van der Waals surface area (Å²) in [6.45, 7) is 5.86. The van der Waals surface area contributed by atoms with Crippen LogP contribution in [0.3, 0.4) is 0 Å². The summed E-state index contributed by atoms with van der Waals surface area (Å²) in [5, 5.41) is 3.27. The summed E-state index contributed by atoms with van der Waals surface area (Å²) in [5.41, 5.74) is 1.56. The van der Waals surface area contributed by atoms with Crippen LogP contribution in [0.1, 0.15) is 31.7 Å². The van der Waals surface area contributed by atoms with Crippen molar-refractivity contribution in [2.45, 2.75) is 33.1 Å². The number of hydrogen-bond acceptors (Lipinski definition) is 3. The zero-order valence-electron chi connectivity index (χ0n) is 12.1. The fraction of sp³-hybridized carbons (Fsp3) is 0.571. The molecule has 0 aliphatic rings. The summed E-state index contributed by atoms with van der Waals surface area (Å²) >= 11 is 3.35. The Labute approximate surface area is 130 Å². The minimum absolute atomic E-state index is 0.159. The van der Waals surface area contributed by atoms with Gasteiger partial charge in [-0.1, -0.05) is 28.9 Å². The molecule has 0 bridgehead atoms. The fourth-order valence-electron chi connectivity index (χ4n) is 1.77. The van der Waals surface area contributed by atoms with Crippen LogP contribution in [0.4, 0.5) is 5.69 Å². The number of hydrogen-bond donors (Lipinski definition) is 2. The largest absolute Gasteiger partial charge is 0.317 e. The molecule has 6 heteroatoms. The predicted octanol–water partition coefficient (Wildman–Crippen LogP) is 3.28. The summed E-state index contributed by atoms with van der Waals surface area (Å²) in [7, 11) is -3.27. The minimum Gasteiger partial charge on any atom is -0.317 e. The van der Waals surface area contributed by atoms with Crippen LogP contribution in [0.25, 0.3) is 0 Å². The molecule has 114 valence electrons. The molecule has 0 atom stereocenters. The molecular weight excluding hydrogens is 340 g/mol. The van der Waals surface area contributed by atoms with Gasteiger partial charge in [-0.05, 0) is 57.0 Å². The lowest BCUT2D eigenvalue weighted by atomic mass is 10.2. The second kappa shape index (κ2) is 8.64. The van der Waals surface area contributed by atoms with Crippen molar-refractivity contribution in [1.29, 1.82) is 0 Å². The van der Waals surface area contributed by atoms with E-state index in [1.54, 1.807) is 6.07 Å². The first kappa shape index (κ1) is 17.5. The Hall–Kier alpha value is -0.590. The highest BCUT2D eigenvalue weighted by molar-refractivity contribution is 9.10. The van der Waals surface area contributed by atoms with E-state index < -0.39 is 10.0 Å². The lowest BCUT2D eigenvalue weighted by Gasteiger charge is -2.11. The van der Waals surface area contributed by atoms with Gasteiger partial charge in [0.05, 0.1) is 11.4 Å². The maximum atomic E-state index is 12.0. The molecule has 0 aromatic heterocycles. The molecule has 0 amide bonds. The highest BCUT2D eigenvalue weighted by Crippen LogP contribution is 2.21. The summed E-state index contributed by atoms with van der Waals surface area (Å²) in [6, 6.07) is 5.57. The van der Waals surface area contributed by atoms with Crippen molar-refractivity contribution in [3.8, 4) is 0 Å². The molecule has 4 nitrogen and oxygen atoms in total. The Morgan fingerprint density at radius 3 is 2.65 bits per heavy atom. The normalized spacial score (nSPS) is 11.6. The maximum absolute atomic E-state index is 12.0. The zero-order chi connectivity index (χ0) is 15.0. The molecule has 0 aliphatic carbocycles. The predicted molar refractivity (Wildman–Crippen MR) is 88.7 cm³/mol. The minimum atomic E-state index is -3.27. The van der Waals surface area contributed by atoms with E-state index in [2.05, 4.69) is 32.9 Å². The van der Waals surface area contributed by atoms with Gasteiger partial charge in [-0.2, -0.15) is 0 Å². The van der Waals surface area contributed by atoms with E-state index in [0.717, 1.165) is 36.0 Å². The number of sulfonamides is 1. The molecule has 2 N–H and O–H groups in total. The summed E-state index contributed by atoms with van der Waals surface area (Å²) in [4.78, 5) is 0. The molecule has 0 spiro atoms. The van der Waals surface area contributed by atoms with Crippen LogP contribution < -0.4 is 10.0 Å². The van der Waals surface area contributed by atoms with Crippen LogP contribution in [0.15, 0.2) is 22.7 Å². The van der Waals surface area contributed by atoms with Gasteiger partial charge in [0, 0.05) is 4.47 Å². The van der Waals surface area contributed by atoms with E-state index in [-0.39, 0.29) is 5.75 Å². The molecule has 0 saturated carbocycles. The van der Waals surface area contributed by atoms with Crippen LogP contribution in [0.2, 0.25) is 0 Å². The molecule has 1 aromatic rings. The van der Waals surface area contributed by atoms with E-state index in [1.807, 2.05) is 19.1 Å². The van der Waals surface area contributed by atoms with Gasteiger partial charge in [0.25, 0.3) is 0 Å². The van der Waals surface area contributed by atoms with Gasteiger partial charge < -0.3 is 5.32 Å². The van der Waals surface area contributed by atoms with Crippen molar-refractivity contribution < 1.29 is 8.42 Å². The standard InChI is InChI=1S/C14H23BrN2O2S/c1-3-8-16-9-4-5-10-20(18,19)17-14-11-13(15)7-6-12(14)2/h6-7,11,16-17H,3-5,8-10H2,1-2H3. The Morgan fingerprint density at radius 2 is 1.95 bits per heavy atom. The summed E-state index contributed by atoms with van der Waals surface area (Å²) in [6.07, 6.45) is 2.64. The number of aryl methyl sites for hydroxylation is 1. The second-order valence-corrected chi connectivity index (χ2v) is 7.59. The van der Waals surface area contributed by atoms with Gasteiger partial charge in [0.1, 0.15) is 0 Å². The molecular formula is C14H23BrN2O2S. The Morgan fingerprint density at radius 1 is 1.20 bits per heavy atom. The molecule has 0 aliphatic heterocycles. The first-order valence-electron chi connectivity index (χ1n) is 6.92. The van der Waals surface area contributed by atoms with Gasteiger partial charge in [0.2, 0.25) is 10.0 Å². The number of unbranched alkanes of at least 4 members (excludes halogenated alkanes) is 1. The molecule has 1 rings (SSSR count). The molecule has 0 radical (unpaired) electrons. The van der Waals surface area contributed by atoms with Crippen LogP contribution in [-0.2, 0) is 10.0 Å². The SMILES string of the molecule is CCCNCCCCS(=O)(=O)Nc1cc(Br)ccc1C. The van der Waals surface area contributed by atoms with Crippen molar-refractivity contribution in [3.63, 3.8) is 0 Å². The second-order valence-electron chi connectivity index (χ2n) is 4.84. The van der Waals surface area contributed by atoms with Crippen LogP contribution in [0.5, 0.6) is 0 Å². The van der Waals surface area contributed by atoms with Crippen molar-refractivity contribution in [3.05, 3.63) is 28.2 Å². The summed E-state index contributed by atoms with van der Waals surface area (Å²) < 4.78 is 27.5. The third-order valence-electron chi connectivity index (χ3n) is 2.91. The number of halogens is 1. The molecule has 1 aromatic carbocycles. The number of benzene rings is 1. The smallest absolute Gasteiger partial charge is 0.232 e. The zero-order valence-corrected chi connectivity index (χ0v) is 14.5. The summed E-state index contributed by atoms with van der Waals surface area (Å²) in [5.74, 6) is 0.159. The first-order valence-corrected chi connectivity index (χ1v) is 9.36. The van der Waals surface area contributed by atoms with Gasteiger partial charge in [-0.25, -0.2) is 8.42 Å².